The fourth-order valence-electron chi connectivity index (χ4n) is 2.93. The van der Waals surface area contributed by atoms with E-state index in [1.165, 1.54) is 32.1 Å². The third-order valence-electron chi connectivity index (χ3n) is 4.15. The van der Waals surface area contributed by atoms with Gasteiger partial charge in [0.1, 0.15) is 0 Å². The predicted octanol–water partition coefficient (Wildman–Crippen LogP) is 2.90. The van der Waals surface area contributed by atoms with E-state index in [0.717, 1.165) is 5.56 Å². The number of para-hydroxylation sites is 1. The average molecular weight is 260 g/mol. The summed E-state index contributed by atoms with van der Waals surface area (Å²) in [5.41, 5.74) is 7.47. The number of amides is 1. The Kier molecular flexibility index (Phi) is 4.83. The first-order valence-electron chi connectivity index (χ1n) is 7.29. The molecule has 2 rings (SSSR count). The van der Waals surface area contributed by atoms with Crippen LogP contribution in [0.5, 0.6) is 0 Å². The van der Waals surface area contributed by atoms with Gasteiger partial charge in [-0.1, -0.05) is 37.5 Å². The molecule has 0 aliphatic heterocycles. The maximum atomic E-state index is 12.1. The fraction of sp³-hybridized carbons (Fsp3) is 0.562. The largest absolute Gasteiger partial charge is 0.398 e. The first-order valence-corrected chi connectivity index (χ1v) is 7.29. The lowest BCUT2D eigenvalue weighted by atomic mass is 9.84. The molecule has 104 valence electrons. The molecule has 1 amide bonds. The number of nitrogen functional groups attached to an aromatic ring is 1. The molecule has 1 unspecified atom stereocenters. The molecule has 3 nitrogen and oxygen atoms in total. The van der Waals surface area contributed by atoms with Gasteiger partial charge in [-0.05, 0) is 37.3 Å². The van der Waals surface area contributed by atoms with Gasteiger partial charge in [-0.2, -0.15) is 0 Å². The van der Waals surface area contributed by atoms with Crippen molar-refractivity contribution >= 4 is 11.6 Å². The highest BCUT2D eigenvalue weighted by atomic mass is 16.1. The summed E-state index contributed by atoms with van der Waals surface area (Å²) < 4.78 is 0. The quantitative estimate of drug-likeness (QED) is 0.818. The summed E-state index contributed by atoms with van der Waals surface area (Å²) in [5, 5.41) is 3.13. The highest BCUT2D eigenvalue weighted by Crippen LogP contribution is 2.26. The first-order chi connectivity index (χ1) is 9.16. The zero-order valence-electron chi connectivity index (χ0n) is 11.7. The number of anilines is 1. The van der Waals surface area contributed by atoms with E-state index in [1.54, 1.807) is 0 Å². The monoisotopic (exact) mass is 260 g/mol. The van der Waals surface area contributed by atoms with Gasteiger partial charge in [0.15, 0.2) is 0 Å². The summed E-state index contributed by atoms with van der Waals surface area (Å²) in [6.45, 7) is 2.13. The molecule has 0 bridgehead atoms. The van der Waals surface area contributed by atoms with Gasteiger partial charge < -0.3 is 11.1 Å². The zero-order valence-corrected chi connectivity index (χ0v) is 11.7. The molecule has 0 spiro atoms. The van der Waals surface area contributed by atoms with Gasteiger partial charge in [-0.15, -0.1) is 0 Å². The molecule has 1 aliphatic carbocycles. The van der Waals surface area contributed by atoms with Gasteiger partial charge in [-0.3, -0.25) is 4.79 Å². The van der Waals surface area contributed by atoms with Crippen LogP contribution in [-0.2, 0) is 11.2 Å². The molecule has 19 heavy (non-hydrogen) atoms. The van der Waals surface area contributed by atoms with Crippen LogP contribution in [0.1, 0.15) is 44.6 Å². The number of nitrogens with two attached hydrogens (primary N) is 1. The van der Waals surface area contributed by atoms with Gasteiger partial charge in [0.05, 0.1) is 6.42 Å². The standard InChI is InChI=1S/C16H24N2O/c1-12(13-7-3-2-4-8-13)18-16(19)11-14-9-5-6-10-15(14)17/h5-6,9-10,12-13H,2-4,7-8,11,17H2,1H3,(H,18,19). The Bertz CT molecular complexity index is 425. The van der Waals surface area contributed by atoms with Crippen molar-refractivity contribution in [2.45, 2.75) is 51.5 Å². The molecular weight excluding hydrogens is 236 g/mol. The maximum absolute atomic E-state index is 12.1. The molecule has 1 aromatic carbocycles. The van der Waals surface area contributed by atoms with Gasteiger partial charge in [-0.25, -0.2) is 0 Å². The third kappa shape index (κ3) is 3.98. The Hall–Kier alpha value is -1.51. The third-order valence-corrected chi connectivity index (χ3v) is 4.15. The smallest absolute Gasteiger partial charge is 0.224 e. The van der Waals surface area contributed by atoms with Crippen LogP contribution in [0.2, 0.25) is 0 Å². The summed E-state index contributed by atoms with van der Waals surface area (Å²) in [5.74, 6) is 0.724. The molecule has 0 radical (unpaired) electrons. The molecule has 0 heterocycles. The SMILES string of the molecule is CC(NC(=O)Cc1ccccc1N)C1CCCCC1. The molecule has 1 saturated carbocycles. The van der Waals surface area contributed by atoms with Crippen molar-refractivity contribution in [1.82, 2.24) is 5.32 Å². The van der Waals surface area contributed by atoms with Crippen LogP contribution in [0, 0.1) is 5.92 Å². The Labute approximate surface area is 115 Å². The molecular formula is C16H24N2O. The molecule has 3 heteroatoms. The molecule has 1 atom stereocenters. The van der Waals surface area contributed by atoms with Crippen molar-refractivity contribution in [3.8, 4) is 0 Å². The van der Waals surface area contributed by atoms with E-state index >= 15 is 0 Å². The number of nitrogens with one attached hydrogen (secondary N) is 1. The van der Waals surface area contributed by atoms with Crippen LogP contribution >= 0.6 is 0 Å². The summed E-state index contributed by atoms with van der Waals surface area (Å²) in [7, 11) is 0. The van der Waals surface area contributed by atoms with E-state index < -0.39 is 0 Å². The molecule has 1 aliphatic rings. The van der Waals surface area contributed by atoms with Gasteiger partial charge in [0.2, 0.25) is 5.91 Å². The van der Waals surface area contributed by atoms with Crippen LogP contribution in [0.4, 0.5) is 5.69 Å². The van der Waals surface area contributed by atoms with Crippen molar-refractivity contribution in [2.24, 2.45) is 5.92 Å². The second-order valence-electron chi connectivity index (χ2n) is 5.63. The Morgan fingerprint density at radius 2 is 2.00 bits per heavy atom. The van der Waals surface area contributed by atoms with Crippen molar-refractivity contribution in [2.75, 3.05) is 5.73 Å². The summed E-state index contributed by atoms with van der Waals surface area (Å²) in [4.78, 5) is 12.1. The molecule has 1 fully saturated rings. The van der Waals surface area contributed by atoms with E-state index in [9.17, 15) is 4.79 Å². The molecule has 0 aromatic heterocycles. The lowest BCUT2D eigenvalue weighted by molar-refractivity contribution is -0.121. The van der Waals surface area contributed by atoms with Crippen molar-refractivity contribution in [1.29, 1.82) is 0 Å². The lowest BCUT2D eigenvalue weighted by Gasteiger charge is -2.28. The molecule has 1 aromatic rings. The van der Waals surface area contributed by atoms with Crippen molar-refractivity contribution in [3.63, 3.8) is 0 Å². The molecule has 3 N–H and O–H groups in total. The van der Waals surface area contributed by atoms with E-state index in [-0.39, 0.29) is 11.9 Å². The number of rotatable bonds is 4. The van der Waals surface area contributed by atoms with Gasteiger partial charge in [0, 0.05) is 11.7 Å². The van der Waals surface area contributed by atoms with E-state index in [1.807, 2.05) is 24.3 Å². The predicted molar refractivity (Wildman–Crippen MR) is 78.7 cm³/mol. The fourth-order valence-corrected chi connectivity index (χ4v) is 2.93. The second-order valence-corrected chi connectivity index (χ2v) is 5.63. The summed E-state index contributed by atoms with van der Waals surface area (Å²) in [6, 6.07) is 7.84. The van der Waals surface area contributed by atoms with Crippen LogP contribution in [0.15, 0.2) is 24.3 Å². The highest BCUT2D eigenvalue weighted by molar-refractivity contribution is 5.80. The van der Waals surface area contributed by atoms with Crippen LogP contribution in [0.25, 0.3) is 0 Å². The van der Waals surface area contributed by atoms with Gasteiger partial charge in [0.25, 0.3) is 0 Å². The second kappa shape index (κ2) is 6.60. The van der Waals surface area contributed by atoms with E-state index in [2.05, 4.69) is 12.2 Å². The summed E-state index contributed by atoms with van der Waals surface area (Å²) >= 11 is 0. The normalized spacial score (nSPS) is 17.9. The van der Waals surface area contributed by atoms with Crippen LogP contribution < -0.4 is 11.1 Å². The number of benzene rings is 1. The Morgan fingerprint density at radius 3 is 2.68 bits per heavy atom. The lowest BCUT2D eigenvalue weighted by Crippen LogP contribution is -2.39. The van der Waals surface area contributed by atoms with Crippen molar-refractivity contribution < 1.29 is 4.79 Å². The Morgan fingerprint density at radius 1 is 1.32 bits per heavy atom. The first kappa shape index (κ1) is 13.9. The average Bonchev–Trinajstić information content (AvgIpc) is 2.42. The Balaban J connectivity index is 1.85. The minimum Gasteiger partial charge on any atom is -0.398 e. The topological polar surface area (TPSA) is 55.1 Å². The zero-order chi connectivity index (χ0) is 13.7. The number of hydrogen-bond donors (Lipinski definition) is 2. The minimum absolute atomic E-state index is 0.0796. The van der Waals surface area contributed by atoms with Crippen molar-refractivity contribution in [3.05, 3.63) is 29.8 Å². The van der Waals surface area contributed by atoms with E-state index in [0.29, 0.717) is 18.0 Å². The number of carbonyl (C=O) groups is 1. The summed E-state index contributed by atoms with van der Waals surface area (Å²) in [6.07, 6.45) is 6.82. The van der Waals surface area contributed by atoms with Crippen LogP contribution in [0.3, 0.4) is 0 Å². The number of hydrogen-bond acceptors (Lipinski definition) is 2. The minimum atomic E-state index is 0.0796. The van der Waals surface area contributed by atoms with E-state index in [4.69, 9.17) is 5.73 Å². The van der Waals surface area contributed by atoms with Crippen LogP contribution in [-0.4, -0.2) is 11.9 Å². The maximum Gasteiger partial charge on any atom is 0.224 e. The number of carbonyl (C=O) groups excluding carboxylic acids is 1. The van der Waals surface area contributed by atoms with Gasteiger partial charge >= 0.3 is 0 Å². The molecule has 0 saturated heterocycles. The highest BCUT2D eigenvalue weighted by Gasteiger charge is 2.21.